The van der Waals surface area contributed by atoms with Crippen LogP contribution >= 0.6 is 0 Å². The van der Waals surface area contributed by atoms with Crippen molar-refractivity contribution in [2.75, 3.05) is 20.3 Å². The summed E-state index contributed by atoms with van der Waals surface area (Å²) in [5.74, 6) is 1.44. The number of nitrogens with zero attached hydrogens (tertiary/aromatic N) is 1. The van der Waals surface area contributed by atoms with Gasteiger partial charge in [-0.2, -0.15) is 0 Å². The van der Waals surface area contributed by atoms with Gasteiger partial charge in [-0.05, 0) is 29.7 Å². The molecule has 0 fully saturated rings. The van der Waals surface area contributed by atoms with Crippen LogP contribution in [0, 0.1) is 0 Å². The highest BCUT2D eigenvalue weighted by atomic mass is 16.5. The number of methoxy groups -OCH3 is 1. The number of pyridine rings is 1. The fraction of sp³-hybridized carbons (Fsp3) is 0.353. The van der Waals surface area contributed by atoms with Crippen molar-refractivity contribution in [3.63, 3.8) is 0 Å². The first-order valence-electron chi connectivity index (χ1n) is 7.23. The Morgan fingerprint density at radius 1 is 1.14 bits per heavy atom. The second kappa shape index (κ2) is 8.39. The van der Waals surface area contributed by atoms with Crippen LogP contribution in [0.15, 0.2) is 42.6 Å². The van der Waals surface area contributed by atoms with Crippen molar-refractivity contribution in [1.29, 1.82) is 0 Å². The molecule has 0 radical (unpaired) electrons. The average Bonchev–Trinajstić information content (AvgIpc) is 2.53. The van der Waals surface area contributed by atoms with E-state index in [2.05, 4.69) is 23.3 Å². The van der Waals surface area contributed by atoms with Gasteiger partial charge in [-0.1, -0.05) is 25.1 Å². The molecular weight excluding hydrogens is 264 g/mol. The van der Waals surface area contributed by atoms with Gasteiger partial charge in [0.1, 0.15) is 5.75 Å². The Morgan fingerprint density at radius 2 is 2.05 bits per heavy atom. The minimum atomic E-state index is 0.615. The zero-order valence-electron chi connectivity index (χ0n) is 12.6. The molecule has 4 nitrogen and oxygen atoms in total. The molecule has 4 heteroatoms. The predicted molar refractivity (Wildman–Crippen MR) is 83.7 cm³/mol. The molecule has 2 aromatic rings. The molecule has 0 saturated carbocycles. The van der Waals surface area contributed by atoms with Crippen LogP contribution in [-0.4, -0.2) is 25.2 Å². The Kier molecular flexibility index (Phi) is 6.19. The summed E-state index contributed by atoms with van der Waals surface area (Å²) in [6, 6.07) is 12.0. The van der Waals surface area contributed by atoms with E-state index in [1.807, 2.05) is 36.5 Å². The zero-order chi connectivity index (χ0) is 14.9. The van der Waals surface area contributed by atoms with Gasteiger partial charge in [0.15, 0.2) is 0 Å². The number of benzene rings is 1. The van der Waals surface area contributed by atoms with Crippen LogP contribution in [0.4, 0.5) is 0 Å². The number of rotatable bonds is 8. The van der Waals surface area contributed by atoms with Gasteiger partial charge in [0.2, 0.25) is 5.88 Å². The lowest BCUT2D eigenvalue weighted by Gasteiger charge is -2.07. The van der Waals surface area contributed by atoms with E-state index in [0.29, 0.717) is 12.5 Å². The predicted octanol–water partition coefficient (Wildman–Crippen LogP) is 3.17. The fourth-order valence-corrected chi connectivity index (χ4v) is 1.93. The van der Waals surface area contributed by atoms with E-state index in [9.17, 15) is 0 Å². The van der Waals surface area contributed by atoms with Gasteiger partial charge >= 0.3 is 0 Å². The van der Waals surface area contributed by atoms with Gasteiger partial charge in [-0.15, -0.1) is 0 Å². The van der Waals surface area contributed by atoms with Crippen LogP contribution in [0.2, 0.25) is 0 Å². The number of aryl methyl sites for hydroxylation is 1. The van der Waals surface area contributed by atoms with E-state index in [-0.39, 0.29) is 0 Å². The van der Waals surface area contributed by atoms with Crippen LogP contribution < -0.4 is 10.1 Å². The largest absolute Gasteiger partial charge is 0.439 e. The highest BCUT2D eigenvalue weighted by Crippen LogP contribution is 2.20. The van der Waals surface area contributed by atoms with Crippen molar-refractivity contribution in [2.24, 2.45) is 0 Å². The van der Waals surface area contributed by atoms with E-state index >= 15 is 0 Å². The fourth-order valence-electron chi connectivity index (χ4n) is 1.93. The Morgan fingerprint density at radius 3 is 2.76 bits per heavy atom. The second-order valence-electron chi connectivity index (χ2n) is 4.78. The first-order chi connectivity index (χ1) is 10.3. The van der Waals surface area contributed by atoms with E-state index in [1.165, 1.54) is 5.56 Å². The second-order valence-corrected chi connectivity index (χ2v) is 4.78. The molecule has 1 aromatic heterocycles. The maximum Gasteiger partial charge on any atom is 0.219 e. The molecule has 0 aliphatic carbocycles. The summed E-state index contributed by atoms with van der Waals surface area (Å²) in [7, 11) is 1.70. The molecule has 0 aliphatic rings. The third-order valence-electron chi connectivity index (χ3n) is 3.14. The van der Waals surface area contributed by atoms with E-state index < -0.39 is 0 Å². The lowest BCUT2D eigenvalue weighted by molar-refractivity contribution is 0.199. The zero-order valence-corrected chi connectivity index (χ0v) is 12.6. The molecule has 2 rings (SSSR count). The van der Waals surface area contributed by atoms with Gasteiger partial charge in [0.05, 0.1) is 6.61 Å². The van der Waals surface area contributed by atoms with E-state index in [0.717, 1.165) is 30.8 Å². The summed E-state index contributed by atoms with van der Waals surface area (Å²) in [5, 5.41) is 3.28. The molecule has 1 aromatic carbocycles. The smallest absolute Gasteiger partial charge is 0.219 e. The average molecular weight is 286 g/mol. The minimum absolute atomic E-state index is 0.615. The molecule has 112 valence electrons. The maximum absolute atomic E-state index is 5.77. The van der Waals surface area contributed by atoms with Crippen LogP contribution in [-0.2, 0) is 17.7 Å². The summed E-state index contributed by atoms with van der Waals surface area (Å²) < 4.78 is 10.8. The van der Waals surface area contributed by atoms with Crippen LogP contribution in [0.1, 0.15) is 18.1 Å². The van der Waals surface area contributed by atoms with Gasteiger partial charge in [-0.25, -0.2) is 4.98 Å². The highest BCUT2D eigenvalue weighted by molar-refractivity contribution is 5.32. The Hall–Kier alpha value is -1.91. The molecule has 0 amide bonds. The standard InChI is InChI=1S/C17H22N2O2/c1-3-14-5-4-6-16(11-14)21-17-8-7-15(13-19-17)12-18-9-10-20-2/h4-8,11,13,18H,3,9-10,12H2,1-2H3. The number of aromatic nitrogens is 1. The maximum atomic E-state index is 5.77. The van der Waals surface area contributed by atoms with Crippen molar-refractivity contribution in [1.82, 2.24) is 10.3 Å². The van der Waals surface area contributed by atoms with Crippen LogP contribution in [0.5, 0.6) is 11.6 Å². The summed E-state index contributed by atoms with van der Waals surface area (Å²) in [6.07, 6.45) is 2.83. The van der Waals surface area contributed by atoms with Gasteiger partial charge in [0.25, 0.3) is 0 Å². The van der Waals surface area contributed by atoms with Gasteiger partial charge in [0, 0.05) is 32.5 Å². The topological polar surface area (TPSA) is 43.4 Å². The third-order valence-corrected chi connectivity index (χ3v) is 3.14. The van der Waals surface area contributed by atoms with Crippen LogP contribution in [0.25, 0.3) is 0 Å². The first kappa shape index (κ1) is 15.5. The number of ether oxygens (including phenoxy) is 2. The lowest BCUT2D eigenvalue weighted by atomic mass is 10.2. The number of nitrogens with one attached hydrogen (secondary N) is 1. The van der Waals surface area contributed by atoms with Crippen molar-refractivity contribution >= 4 is 0 Å². The Labute approximate surface area is 126 Å². The van der Waals surface area contributed by atoms with Crippen molar-refractivity contribution < 1.29 is 9.47 Å². The van der Waals surface area contributed by atoms with Crippen molar-refractivity contribution in [3.05, 3.63) is 53.7 Å². The quantitative estimate of drug-likeness (QED) is 0.757. The van der Waals surface area contributed by atoms with Crippen molar-refractivity contribution in [3.8, 4) is 11.6 Å². The Bertz CT molecular complexity index is 541. The molecule has 0 bridgehead atoms. The highest BCUT2D eigenvalue weighted by Gasteiger charge is 2.00. The molecule has 0 atom stereocenters. The number of hydrogen-bond donors (Lipinski definition) is 1. The van der Waals surface area contributed by atoms with Gasteiger partial charge < -0.3 is 14.8 Å². The lowest BCUT2D eigenvalue weighted by Crippen LogP contribution is -2.18. The molecule has 0 spiro atoms. The molecule has 0 saturated heterocycles. The molecule has 0 aliphatic heterocycles. The van der Waals surface area contributed by atoms with Crippen molar-refractivity contribution in [2.45, 2.75) is 19.9 Å². The molecule has 0 unspecified atom stereocenters. The molecular formula is C17H22N2O2. The van der Waals surface area contributed by atoms with E-state index in [1.54, 1.807) is 7.11 Å². The van der Waals surface area contributed by atoms with Crippen LogP contribution in [0.3, 0.4) is 0 Å². The first-order valence-corrected chi connectivity index (χ1v) is 7.23. The molecule has 1 N–H and O–H groups in total. The minimum Gasteiger partial charge on any atom is -0.439 e. The monoisotopic (exact) mass is 286 g/mol. The van der Waals surface area contributed by atoms with E-state index in [4.69, 9.17) is 9.47 Å². The summed E-state index contributed by atoms with van der Waals surface area (Å²) in [4.78, 5) is 4.33. The SMILES string of the molecule is CCc1cccc(Oc2ccc(CNCCOC)cn2)c1. The van der Waals surface area contributed by atoms with Gasteiger partial charge in [-0.3, -0.25) is 0 Å². The normalized spacial score (nSPS) is 10.6. The summed E-state index contributed by atoms with van der Waals surface area (Å²) >= 11 is 0. The molecule has 21 heavy (non-hydrogen) atoms. The molecule has 1 heterocycles. The summed E-state index contributed by atoms with van der Waals surface area (Å²) in [6.45, 7) is 4.45. The number of hydrogen-bond acceptors (Lipinski definition) is 4. The third kappa shape index (κ3) is 5.17. The summed E-state index contributed by atoms with van der Waals surface area (Å²) in [5.41, 5.74) is 2.38. The Balaban J connectivity index is 1.89.